The van der Waals surface area contributed by atoms with E-state index >= 15 is 4.79 Å². The minimum Gasteiger partial charge on any atom is -0.394 e. The SMILES string of the molecule is C=CCN(C(=O)[C@H]1[C@H]2C(=O)N([C@@H](CO)CC(C)C)C(C(=O)N(CC=C)c3c(C)cccc3C)C23CC(Br)[C@@H]1S3)c1ccccc1. The van der Waals surface area contributed by atoms with Gasteiger partial charge in [-0.05, 0) is 55.9 Å². The maximum absolute atomic E-state index is 15.1. The van der Waals surface area contributed by atoms with Gasteiger partial charge in [0, 0.05) is 34.5 Å². The fourth-order valence-electron chi connectivity index (χ4n) is 7.88. The van der Waals surface area contributed by atoms with Gasteiger partial charge in [-0.25, -0.2) is 0 Å². The predicted molar refractivity (Wildman–Crippen MR) is 187 cm³/mol. The number of fused-ring (bicyclic) bond motifs is 1. The van der Waals surface area contributed by atoms with Gasteiger partial charge in [-0.3, -0.25) is 14.4 Å². The summed E-state index contributed by atoms with van der Waals surface area (Å²) in [6, 6.07) is 14.0. The summed E-state index contributed by atoms with van der Waals surface area (Å²) in [6.45, 7) is 16.2. The second-order valence-corrected chi connectivity index (χ2v) is 15.6. The Bertz CT molecular complexity index is 1450. The lowest BCUT2D eigenvalue weighted by molar-refractivity contribution is -0.142. The van der Waals surface area contributed by atoms with Gasteiger partial charge in [0.25, 0.3) is 5.91 Å². The van der Waals surface area contributed by atoms with E-state index in [1.54, 1.807) is 38.6 Å². The number of para-hydroxylation sites is 2. The van der Waals surface area contributed by atoms with Gasteiger partial charge in [0.2, 0.25) is 11.8 Å². The van der Waals surface area contributed by atoms with Gasteiger partial charge in [0.1, 0.15) is 6.04 Å². The molecule has 1 N–H and O–H groups in total. The molecule has 2 bridgehead atoms. The molecule has 3 saturated heterocycles. The predicted octanol–water partition coefficient (Wildman–Crippen LogP) is 5.91. The van der Waals surface area contributed by atoms with E-state index in [0.717, 1.165) is 22.5 Å². The zero-order valence-electron chi connectivity index (χ0n) is 26.6. The number of benzene rings is 2. The highest BCUT2D eigenvalue weighted by Crippen LogP contribution is 2.68. The van der Waals surface area contributed by atoms with Crippen molar-refractivity contribution in [2.45, 2.75) is 67.4 Å². The molecule has 3 unspecified atom stereocenters. The van der Waals surface area contributed by atoms with E-state index in [0.29, 0.717) is 19.4 Å². The molecular weight excluding hydrogens is 650 g/mol. The molecule has 3 aliphatic rings. The van der Waals surface area contributed by atoms with Crippen LogP contribution in [0.2, 0.25) is 0 Å². The van der Waals surface area contributed by atoms with Crippen molar-refractivity contribution in [2.24, 2.45) is 17.8 Å². The van der Waals surface area contributed by atoms with Crippen LogP contribution >= 0.6 is 27.7 Å². The molecule has 2 aromatic carbocycles. The van der Waals surface area contributed by atoms with Gasteiger partial charge in [-0.15, -0.1) is 24.9 Å². The lowest BCUT2D eigenvalue weighted by Gasteiger charge is -2.41. The van der Waals surface area contributed by atoms with E-state index in [2.05, 4.69) is 29.1 Å². The van der Waals surface area contributed by atoms with Crippen LogP contribution in [0.25, 0.3) is 0 Å². The molecule has 0 aliphatic carbocycles. The van der Waals surface area contributed by atoms with Crippen LogP contribution in [0.3, 0.4) is 0 Å². The number of anilines is 2. The van der Waals surface area contributed by atoms with Crippen molar-refractivity contribution in [3.8, 4) is 0 Å². The summed E-state index contributed by atoms with van der Waals surface area (Å²) >= 11 is 5.51. The summed E-state index contributed by atoms with van der Waals surface area (Å²) in [5.41, 5.74) is 3.45. The number of thioether (sulfide) groups is 1. The Morgan fingerprint density at radius 2 is 1.67 bits per heavy atom. The number of aryl methyl sites for hydroxylation is 2. The first kappa shape index (κ1) is 33.5. The topological polar surface area (TPSA) is 81.2 Å². The number of rotatable bonds is 12. The highest BCUT2D eigenvalue weighted by Gasteiger charge is 2.76. The highest BCUT2D eigenvalue weighted by atomic mass is 79.9. The molecule has 0 radical (unpaired) electrons. The average Bonchev–Trinajstić information content (AvgIpc) is 3.61. The van der Waals surface area contributed by atoms with E-state index in [9.17, 15) is 14.7 Å². The zero-order chi connectivity index (χ0) is 32.6. The van der Waals surface area contributed by atoms with Gasteiger partial charge < -0.3 is 19.8 Å². The number of halogens is 1. The van der Waals surface area contributed by atoms with Gasteiger partial charge >= 0.3 is 0 Å². The monoisotopic (exact) mass is 693 g/mol. The standard InChI is InChI=1S/C36H44BrN3O4S/c1-7-17-38(25-15-10-9-11-16-25)33(42)28-29-34(43)40(26(21-41)19-22(3)4)32(36(29)20-27(37)31(28)45-36)35(44)39(18-8-2)30-23(5)13-12-14-24(30)6/h7-16,22,26-29,31-32,41H,1-2,17-21H2,3-6H3/t26-,27?,28+,29+,31+,32?,36?/m1/s1. The molecule has 3 fully saturated rings. The number of hydrogen-bond acceptors (Lipinski definition) is 5. The van der Waals surface area contributed by atoms with Crippen molar-refractivity contribution >= 4 is 56.8 Å². The van der Waals surface area contributed by atoms with Gasteiger partial charge in [-0.1, -0.05) is 78.3 Å². The van der Waals surface area contributed by atoms with E-state index in [1.807, 2.05) is 76.2 Å². The van der Waals surface area contributed by atoms with Crippen LogP contribution in [0.5, 0.6) is 0 Å². The van der Waals surface area contributed by atoms with Crippen LogP contribution in [0.4, 0.5) is 11.4 Å². The molecule has 7 nitrogen and oxygen atoms in total. The summed E-state index contributed by atoms with van der Waals surface area (Å²) in [6.07, 6.45) is 4.51. The van der Waals surface area contributed by atoms with E-state index in [1.165, 1.54) is 0 Å². The molecule has 0 saturated carbocycles. The molecule has 7 atom stereocenters. The number of likely N-dealkylation sites (tertiary alicyclic amines) is 1. The summed E-state index contributed by atoms with van der Waals surface area (Å²) < 4.78 is -0.843. The third-order valence-corrected chi connectivity index (χ3v) is 12.7. The Labute approximate surface area is 279 Å². The molecule has 2 aromatic rings. The van der Waals surface area contributed by atoms with Gasteiger partial charge in [0.15, 0.2) is 0 Å². The fourth-order valence-corrected chi connectivity index (χ4v) is 11.5. The number of amides is 3. The first-order valence-electron chi connectivity index (χ1n) is 15.7. The number of hydrogen-bond donors (Lipinski definition) is 1. The number of nitrogens with zero attached hydrogens (tertiary/aromatic N) is 3. The van der Waals surface area contributed by atoms with Crippen LogP contribution < -0.4 is 9.80 Å². The second-order valence-electron chi connectivity index (χ2n) is 12.9. The Morgan fingerprint density at radius 3 is 2.24 bits per heavy atom. The van der Waals surface area contributed by atoms with Crippen molar-refractivity contribution < 1.29 is 19.5 Å². The smallest absolute Gasteiger partial charge is 0.251 e. The van der Waals surface area contributed by atoms with Crippen molar-refractivity contribution in [3.63, 3.8) is 0 Å². The third-order valence-electron chi connectivity index (χ3n) is 9.53. The third kappa shape index (κ3) is 5.69. The second kappa shape index (κ2) is 13.5. The maximum atomic E-state index is 15.1. The minimum absolute atomic E-state index is 0.0668. The first-order chi connectivity index (χ1) is 21.5. The number of carbonyl (C=O) groups excluding carboxylic acids is 3. The largest absolute Gasteiger partial charge is 0.394 e. The number of aliphatic hydroxyl groups is 1. The fraction of sp³-hybridized carbons (Fsp3) is 0.472. The van der Waals surface area contributed by atoms with Crippen LogP contribution in [0.1, 0.15) is 37.8 Å². The van der Waals surface area contributed by atoms with E-state index in [-0.39, 0.29) is 46.9 Å². The molecule has 3 heterocycles. The Morgan fingerprint density at radius 1 is 1.04 bits per heavy atom. The van der Waals surface area contributed by atoms with Crippen molar-refractivity contribution in [2.75, 3.05) is 29.5 Å². The Kier molecular flexibility index (Phi) is 10.0. The number of alkyl halides is 1. The van der Waals surface area contributed by atoms with Crippen molar-refractivity contribution in [1.29, 1.82) is 0 Å². The van der Waals surface area contributed by atoms with Gasteiger partial charge in [-0.2, -0.15) is 0 Å². The summed E-state index contributed by atoms with van der Waals surface area (Å²) in [4.78, 5) is 49.7. The molecule has 5 rings (SSSR count). The summed E-state index contributed by atoms with van der Waals surface area (Å²) in [5, 5.41) is 10.5. The Hall–Kier alpha value is -2.88. The lowest BCUT2D eigenvalue weighted by Crippen LogP contribution is -2.58. The van der Waals surface area contributed by atoms with Crippen LogP contribution in [-0.4, -0.2) is 74.3 Å². The zero-order valence-corrected chi connectivity index (χ0v) is 29.0. The van der Waals surface area contributed by atoms with E-state index in [4.69, 9.17) is 0 Å². The van der Waals surface area contributed by atoms with Crippen LogP contribution in [0.15, 0.2) is 73.8 Å². The molecule has 45 heavy (non-hydrogen) atoms. The molecule has 0 aromatic heterocycles. The number of carbonyl (C=O) groups is 3. The summed E-state index contributed by atoms with van der Waals surface area (Å²) in [7, 11) is 0. The minimum atomic E-state index is -0.859. The molecule has 1 spiro atoms. The van der Waals surface area contributed by atoms with Crippen molar-refractivity contribution in [1.82, 2.24) is 4.90 Å². The molecular formula is C36H44BrN3O4S. The van der Waals surface area contributed by atoms with Crippen LogP contribution in [0, 0.1) is 31.6 Å². The highest BCUT2D eigenvalue weighted by molar-refractivity contribution is 9.09. The first-order valence-corrected chi connectivity index (χ1v) is 17.5. The summed E-state index contributed by atoms with van der Waals surface area (Å²) in [5.74, 6) is -1.72. The number of aliphatic hydroxyl groups excluding tert-OH is 1. The molecule has 9 heteroatoms. The molecule has 3 amide bonds. The normalized spacial score (nSPS) is 27.4. The van der Waals surface area contributed by atoms with E-state index < -0.39 is 28.7 Å². The quantitative estimate of drug-likeness (QED) is 0.221. The molecule has 240 valence electrons. The van der Waals surface area contributed by atoms with Crippen molar-refractivity contribution in [3.05, 3.63) is 85.0 Å². The average molecular weight is 695 g/mol. The maximum Gasteiger partial charge on any atom is 0.251 e. The molecule has 3 aliphatic heterocycles. The van der Waals surface area contributed by atoms with Crippen LogP contribution in [-0.2, 0) is 14.4 Å². The lowest BCUT2D eigenvalue weighted by atomic mass is 9.70. The Balaban J connectivity index is 1.66. The van der Waals surface area contributed by atoms with Gasteiger partial charge in [0.05, 0.1) is 29.2 Å².